The summed E-state index contributed by atoms with van der Waals surface area (Å²) in [5, 5.41) is 12.7. The molecule has 1 aromatic carbocycles. The lowest BCUT2D eigenvalue weighted by Crippen LogP contribution is -2.13. The molecule has 1 heterocycles. The topological polar surface area (TPSA) is 62.9 Å². The molecule has 0 aliphatic heterocycles. The number of nitriles is 1. The Balaban J connectivity index is 1.83. The van der Waals surface area contributed by atoms with Crippen LogP contribution in [0.4, 0.5) is 5.69 Å². The molecule has 0 spiro atoms. The molecule has 20 heavy (non-hydrogen) atoms. The highest BCUT2D eigenvalue weighted by atomic mass is 16.5. The van der Waals surface area contributed by atoms with Crippen LogP contribution in [0.15, 0.2) is 36.8 Å². The molecule has 1 atom stereocenters. The van der Waals surface area contributed by atoms with Gasteiger partial charge >= 0.3 is 0 Å². The van der Waals surface area contributed by atoms with Crippen molar-refractivity contribution in [1.82, 2.24) is 9.55 Å². The summed E-state index contributed by atoms with van der Waals surface area (Å²) >= 11 is 0. The lowest BCUT2D eigenvalue weighted by molar-refractivity contribution is 0.415. The van der Waals surface area contributed by atoms with Gasteiger partial charge in [-0.3, -0.25) is 0 Å². The van der Waals surface area contributed by atoms with Gasteiger partial charge in [-0.2, -0.15) is 5.26 Å². The minimum absolute atomic E-state index is 0.412. The van der Waals surface area contributed by atoms with E-state index < -0.39 is 6.04 Å². The van der Waals surface area contributed by atoms with Crippen molar-refractivity contribution in [2.75, 3.05) is 12.4 Å². The number of aromatic nitrogens is 2. The van der Waals surface area contributed by atoms with Crippen molar-refractivity contribution in [2.45, 2.75) is 24.9 Å². The van der Waals surface area contributed by atoms with Crippen molar-refractivity contribution >= 4 is 5.69 Å². The average molecular weight is 268 g/mol. The van der Waals surface area contributed by atoms with Crippen LogP contribution < -0.4 is 10.1 Å². The van der Waals surface area contributed by atoms with Gasteiger partial charge in [0.05, 0.1) is 31.4 Å². The zero-order valence-electron chi connectivity index (χ0n) is 11.3. The quantitative estimate of drug-likeness (QED) is 0.905. The molecule has 0 saturated heterocycles. The van der Waals surface area contributed by atoms with Gasteiger partial charge in [-0.1, -0.05) is 6.07 Å². The summed E-state index contributed by atoms with van der Waals surface area (Å²) in [5.74, 6) is 0.766. The van der Waals surface area contributed by atoms with Crippen molar-refractivity contribution in [1.29, 1.82) is 5.26 Å². The predicted molar refractivity (Wildman–Crippen MR) is 75.5 cm³/mol. The highest BCUT2D eigenvalue weighted by molar-refractivity contribution is 5.50. The Morgan fingerprint density at radius 2 is 2.35 bits per heavy atom. The minimum atomic E-state index is -0.412. The van der Waals surface area contributed by atoms with Crippen LogP contribution in [0.5, 0.6) is 5.75 Å². The van der Waals surface area contributed by atoms with Gasteiger partial charge in [-0.05, 0) is 25.0 Å². The third kappa shape index (κ3) is 2.45. The molecule has 5 heteroatoms. The van der Waals surface area contributed by atoms with E-state index >= 15 is 0 Å². The smallest absolute Gasteiger partial charge is 0.156 e. The molecule has 0 bridgehead atoms. The minimum Gasteiger partial charge on any atom is -0.497 e. The van der Waals surface area contributed by atoms with Crippen LogP contribution >= 0.6 is 0 Å². The Morgan fingerprint density at radius 3 is 3.05 bits per heavy atom. The van der Waals surface area contributed by atoms with Gasteiger partial charge in [-0.15, -0.1) is 0 Å². The summed E-state index contributed by atoms with van der Waals surface area (Å²) in [4.78, 5) is 4.17. The fourth-order valence-corrected chi connectivity index (χ4v) is 2.25. The van der Waals surface area contributed by atoms with E-state index in [0.717, 1.165) is 17.1 Å². The standard InChI is InChI=1S/C15H16N4O/c1-20-13-4-2-3-11(7-13)18-14(8-16)15-9-17-10-19(15)12-5-6-12/h2-4,7,9-10,12,14,18H,5-6H2,1H3. The van der Waals surface area contributed by atoms with Crippen LogP contribution in [-0.2, 0) is 0 Å². The van der Waals surface area contributed by atoms with E-state index in [9.17, 15) is 5.26 Å². The Kier molecular flexibility index (Phi) is 3.30. The van der Waals surface area contributed by atoms with E-state index in [2.05, 4.69) is 20.9 Å². The van der Waals surface area contributed by atoms with E-state index in [1.54, 1.807) is 13.3 Å². The number of ether oxygens (including phenoxy) is 1. The van der Waals surface area contributed by atoms with Gasteiger partial charge in [0.2, 0.25) is 0 Å². The van der Waals surface area contributed by atoms with E-state index in [1.807, 2.05) is 30.6 Å². The molecular formula is C15H16N4O. The number of rotatable bonds is 5. The molecule has 5 nitrogen and oxygen atoms in total. The predicted octanol–water partition coefficient (Wildman–Crippen LogP) is 2.90. The highest BCUT2D eigenvalue weighted by Crippen LogP contribution is 2.37. The van der Waals surface area contributed by atoms with Crippen molar-refractivity contribution in [3.63, 3.8) is 0 Å². The maximum Gasteiger partial charge on any atom is 0.156 e. The molecule has 1 unspecified atom stereocenters. The van der Waals surface area contributed by atoms with Crippen molar-refractivity contribution in [3.05, 3.63) is 42.5 Å². The third-order valence-electron chi connectivity index (χ3n) is 3.44. The first-order valence-corrected chi connectivity index (χ1v) is 6.63. The molecule has 1 fully saturated rings. The van der Waals surface area contributed by atoms with Crippen LogP contribution in [0, 0.1) is 11.3 Å². The number of methoxy groups -OCH3 is 1. The van der Waals surface area contributed by atoms with Crippen LogP contribution in [-0.4, -0.2) is 16.7 Å². The molecule has 102 valence electrons. The molecule has 3 rings (SSSR count). The lowest BCUT2D eigenvalue weighted by Gasteiger charge is -2.15. The number of nitrogens with zero attached hydrogens (tertiary/aromatic N) is 3. The summed E-state index contributed by atoms with van der Waals surface area (Å²) in [7, 11) is 1.63. The first-order valence-electron chi connectivity index (χ1n) is 6.63. The second kappa shape index (κ2) is 5.25. The van der Waals surface area contributed by atoms with Crippen LogP contribution in [0.2, 0.25) is 0 Å². The molecule has 2 aromatic rings. The third-order valence-corrected chi connectivity index (χ3v) is 3.44. The summed E-state index contributed by atoms with van der Waals surface area (Å²) in [6, 6.07) is 9.97. The second-order valence-corrected chi connectivity index (χ2v) is 4.90. The molecule has 1 aliphatic rings. The van der Waals surface area contributed by atoms with E-state index in [0.29, 0.717) is 6.04 Å². The number of imidazole rings is 1. The second-order valence-electron chi connectivity index (χ2n) is 4.90. The fourth-order valence-electron chi connectivity index (χ4n) is 2.25. The average Bonchev–Trinajstić information content (AvgIpc) is 3.22. The number of nitrogens with one attached hydrogen (secondary N) is 1. The van der Waals surface area contributed by atoms with Crippen LogP contribution in [0.3, 0.4) is 0 Å². The van der Waals surface area contributed by atoms with E-state index in [4.69, 9.17) is 4.74 Å². The van der Waals surface area contributed by atoms with Gasteiger partial charge in [0, 0.05) is 17.8 Å². The Bertz CT molecular complexity index is 639. The van der Waals surface area contributed by atoms with Gasteiger partial charge in [0.15, 0.2) is 6.04 Å². The van der Waals surface area contributed by atoms with Gasteiger partial charge in [0.1, 0.15) is 5.75 Å². The monoisotopic (exact) mass is 268 g/mol. The Labute approximate surface area is 117 Å². The summed E-state index contributed by atoms with van der Waals surface area (Å²) in [6.07, 6.45) is 5.91. The number of benzene rings is 1. The van der Waals surface area contributed by atoms with Gasteiger partial charge in [0.25, 0.3) is 0 Å². The first kappa shape index (κ1) is 12.5. The van der Waals surface area contributed by atoms with Gasteiger partial charge in [-0.25, -0.2) is 4.98 Å². The maximum absolute atomic E-state index is 9.43. The zero-order valence-corrected chi connectivity index (χ0v) is 11.3. The molecule has 1 saturated carbocycles. The van der Waals surface area contributed by atoms with E-state index in [-0.39, 0.29) is 0 Å². The van der Waals surface area contributed by atoms with Crippen molar-refractivity contribution in [2.24, 2.45) is 0 Å². The summed E-state index contributed by atoms with van der Waals surface area (Å²) in [5.41, 5.74) is 1.78. The number of anilines is 1. The molecule has 1 aliphatic carbocycles. The fraction of sp³-hybridized carbons (Fsp3) is 0.333. The SMILES string of the molecule is COc1cccc(NC(C#N)c2cncn2C2CC2)c1. The molecule has 1 aromatic heterocycles. The zero-order chi connectivity index (χ0) is 13.9. The lowest BCUT2D eigenvalue weighted by atomic mass is 10.2. The Morgan fingerprint density at radius 1 is 1.50 bits per heavy atom. The molecule has 0 radical (unpaired) electrons. The Hall–Kier alpha value is -2.48. The highest BCUT2D eigenvalue weighted by Gasteiger charge is 2.28. The van der Waals surface area contributed by atoms with E-state index in [1.165, 1.54) is 12.8 Å². The van der Waals surface area contributed by atoms with Gasteiger partial charge < -0.3 is 14.6 Å². The first-order chi connectivity index (χ1) is 9.81. The number of hydrogen-bond donors (Lipinski definition) is 1. The van der Waals surface area contributed by atoms with Crippen LogP contribution in [0.25, 0.3) is 0 Å². The van der Waals surface area contributed by atoms with Crippen molar-refractivity contribution < 1.29 is 4.74 Å². The number of hydrogen-bond acceptors (Lipinski definition) is 4. The van der Waals surface area contributed by atoms with Crippen LogP contribution in [0.1, 0.15) is 30.6 Å². The molecule has 1 N–H and O–H groups in total. The van der Waals surface area contributed by atoms with Crippen molar-refractivity contribution in [3.8, 4) is 11.8 Å². The molecule has 0 amide bonds. The summed E-state index contributed by atoms with van der Waals surface area (Å²) in [6.45, 7) is 0. The summed E-state index contributed by atoms with van der Waals surface area (Å²) < 4.78 is 7.29. The maximum atomic E-state index is 9.43. The normalized spacial score (nSPS) is 15.4. The molecular weight excluding hydrogens is 252 g/mol. The largest absolute Gasteiger partial charge is 0.497 e.